The molecule has 2 saturated heterocycles. The molecule has 2 N–H and O–H groups in total. The Morgan fingerprint density at radius 3 is 2.54 bits per heavy atom. The lowest BCUT2D eigenvalue weighted by Gasteiger charge is -2.37. The number of piperazine rings is 1. The van der Waals surface area contributed by atoms with Gasteiger partial charge >= 0.3 is 0 Å². The minimum Gasteiger partial charge on any atom is -0.371 e. The fourth-order valence-corrected chi connectivity index (χ4v) is 5.49. The molecule has 0 spiro atoms. The summed E-state index contributed by atoms with van der Waals surface area (Å²) in [7, 11) is 0. The molecule has 3 aromatic rings. The normalized spacial score (nSPS) is 18.4. The highest BCUT2D eigenvalue weighted by atomic mass is 15.3. The van der Waals surface area contributed by atoms with Gasteiger partial charge in [-0.1, -0.05) is 18.2 Å². The van der Waals surface area contributed by atoms with Gasteiger partial charge in [0, 0.05) is 86.7 Å². The van der Waals surface area contributed by atoms with Crippen LogP contribution in [0.25, 0.3) is 22.2 Å². The Bertz CT molecular complexity index is 1160. The van der Waals surface area contributed by atoms with Gasteiger partial charge < -0.3 is 15.2 Å². The maximum Gasteiger partial charge on any atom is 0.0992 e. The molecule has 1 aromatic heterocycles. The predicted molar refractivity (Wildman–Crippen MR) is 145 cm³/mol. The first-order valence-electron chi connectivity index (χ1n) is 13.2. The van der Waals surface area contributed by atoms with Gasteiger partial charge in [0.15, 0.2) is 0 Å². The first-order chi connectivity index (χ1) is 17.1. The molecular formula is C29H38N6. The SMILES string of the molecule is CC(C)N1CCN(CCNC2CCN(c3cccc(-c4cc5ccc(C#N)cc5[nH]4)c3)CC2)CC1. The van der Waals surface area contributed by atoms with E-state index >= 15 is 0 Å². The molecule has 2 fully saturated rings. The van der Waals surface area contributed by atoms with Crippen LogP contribution in [-0.4, -0.2) is 79.2 Å². The highest BCUT2D eigenvalue weighted by molar-refractivity contribution is 5.87. The van der Waals surface area contributed by atoms with Crippen LogP contribution in [0.3, 0.4) is 0 Å². The Morgan fingerprint density at radius 1 is 1.00 bits per heavy atom. The van der Waals surface area contributed by atoms with Crippen LogP contribution < -0.4 is 10.2 Å². The van der Waals surface area contributed by atoms with Gasteiger partial charge in [0.1, 0.15) is 0 Å². The molecule has 0 aliphatic carbocycles. The molecule has 35 heavy (non-hydrogen) atoms. The molecule has 0 saturated carbocycles. The number of hydrogen-bond donors (Lipinski definition) is 2. The van der Waals surface area contributed by atoms with Crippen molar-refractivity contribution in [1.82, 2.24) is 20.1 Å². The number of benzene rings is 2. The van der Waals surface area contributed by atoms with Crippen molar-refractivity contribution in [2.24, 2.45) is 0 Å². The number of hydrogen-bond acceptors (Lipinski definition) is 5. The van der Waals surface area contributed by atoms with Crippen LogP contribution in [0.4, 0.5) is 5.69 Å². The first kappa shape index (κ1) is 23.9. The third-order valence-corrected chi connectivity index (χ3v) is 7.77. The third-order valence-electron chi connectivity index (χ3n) is 7.77. The molecule has 6 heteroatoms. The van der Waals surface area contributed by atoms with Crippen LogP contribution in [-0.2, 0) is 0 Å². The van der Waals surface area contributed by atoms with Crippen molar-refractivity contribution in [2.75, 3.05) is 57.3 Å². The molecule has 2 aromatic carbocycles. The number of aromatic amines is 1. The van der Waals surface area contributed by atoms with Crippen molar-refractivity contribution >= 4 is 16.6 Å². The molecule has 5 rings (SSSR count). The summed E-state index contributed by atoms with van der Waals surface area (Å²) in [6.07, 6.45) is 2.38. The molecule has 0 radical (unpaired) electrons. The van der Waals surface area contributed by atoms with E-state index in [9.17, 15) is 5.26 Å². The van der Waals surface area contributed by atoms with Gasteiger partial charge in [0.05, 0.1) is 11.6 Å². The molecule has 2 aliphatic rings. The van der Waals surface area contributed by atoms with Gasteiger partial charge in [0.2, 0.25) is 0 Å². The number of H-pyrrole nitrogens is 1. The molecule has 2 aliphatic heterocycles. The Kier molecular flexibility index (Phi) is 7.38. The monoisotopic (exact) mass is 470 g/mol. The minimum absolute atomic E-state index is 0.620. The zero-order valence-electron chi connectivity index (χ0n) is 21.1. The second-order valence-electron chi connectivity index (χ2n) is 10.3. The summed E-state index contributed by atoms with van der Waals surface area (Å²) < 4.78 is 0. The van der Waals surface area contributed by atoms with Gasteiger partial charge in [-0.15, -0.1) is 0 Å². The molecular weight excluding hydrogens is 432 g/mol. The number of nitrogens with zero attached hydrogens (tertiary/aromatic N) is 4. The number of aromatic nitrogens is 1. The number of nitriles is 1. The summed E-state index contributed by atoms with van der Waals surface area (Å²) in [6.45, 7) is 13.8. The van der Waals surface area contributed by atoms with Crippen LogP contribution in [0.2, 0.25) is 0 Å². The largest absolute Gasteiger partial charge is 0.371 e. The first-order valence-corrected chi connectivity index (χ1v) is 13.2. The van der Waals surface area contributed by atoms with Gasteiger partial charge in [-0.3, -0.25) is 9.80 Å². The van der Waals surface area contributed by atoms with Crippen molar-refractivity contribution in [3.63, 3.8) is 0 Å². The maximum absolute atomic E-state index is 9.18. The van der Waals surface area contributed by atoms with Crippen LogP contribution in [0.15, 0.2) is 48.5 Å². The average Bonchev–Trinajstić information content (AvgIpc) is 3.33. The van der Waals surface area contributed by atoms with E-state index in [4.69, 9.17) is 0 Å². The maximum atomic E-state index is 9.18. The van der Waals surface area contributed by atoms with Crippen LogP contribution in [0.1, 0.15) is 32.3 Å². The zero-order chi connectivity index (χ0) is 24.2. The minimum atomic E-state index is 0.620. The van der Waals surface area contributed by atoms with Gasteiger partial charge in [0.25, 0.3) is 0 Å². The number of rotatable bonds is 7. The highest BCUT2D eigenvalue weighted by Crippen LogP contribution is 2.29. The van der Waals surface area contributed by atoms with Crippen LogP contribution >= 0.6 is 0 Å². The summed E-state index contributed by atoms with van der Waals surface area (Å²) in [4.78, 5) is 11.2. The number of fused-ring (bicyclic) bond motifs is 1. The Hall–Kier alpha value is -2.85. The van der Waals surface area contributed by atoms with Crippen molar-refractivity contribution in [1.29, 1.82) is 5.26 Å². The number of anilines is 1. The summed E-state index contributed by atoms with van der Waals surface area (Å²) in [5.41, 5.74) is 5.28. The van der Waals surface area contributed by atoms with E-state index in [1.165, 1.54) is 50.3 Å². The lowest BCUT2D eigenvalue weighted by molar-refractivity contribution is 0.108. The van der Waals surface area contributed by atoms with Crippen molar-refractivity contribution in [3.05, 3.63) is 54.1 Å². The van der Waals surface area contributed by atoms with Gasteiger partial charge in [-0.05, 0) is 62.6 Å². The number of nitrogens with one attached hydrogen (secondary N) is 2. The molecule has 184 valence electrons. The summed E-state index contributed by atoms with van der Waals surface area (Å²) in [6, 6.07) is 20.3. The Morgan fingerprint density at radius 2 is 1.80 bits per heavy atom. The van der Waals surface area contributed by atoms with E-state index < -0.39 is 0 Å². The van der Waals surface area contributed by atoms with Gasteiger partial charge in [-0.25, -0.2) is 0 Å². The van der Waals surface area contributed by atoms with Crippen LogP contribution in [0, 0.1) is 11.3 Å². The average molecular weight is 471 g/mol. The topological polar surface area (TPSA) is 61.3 Å². The van der Waals surface area contributed by atoms with Crippen molar-refractivity contribution < 1.29 is 0 Å². The predicted octanol–water partition coefficient (Wildman–Crippen LogP) is 4.29. The smallest absolute Gasteiger partial charge is 0.0992 e. The van der Waals surface area contributed by atoms with E-state index in [1.54, 1.807) is 0 Å². The number of piperidine rings is 1. The van der Waals surface area contributed by atoms with E-state index in [0.717, 1.165) is 42.8 Å². The Labute approximate surface area is 209 Å². The second-order valence-corrected chi connectivity index (χ2v) is 10.3. The molecule has 6 nitrogen and oxygen atoms in total. The summed E-state index contributed by atoms with van der Waals surface area (Å²) >= 11 is 0. The van der Waals surface area contributed by atoms with E-state index in [1.807, 2.05) is 18.2 Å². The molecule has 0 bridgehead atoms. The fraction of sp³-hybridized carbons (Fsp3) is 0.483. The Balaban J connectivity index is 1.11. The zero-order valence-corrected chi connectivity index (χ0v) is 21.1. The van der Waals surface area contributed by atoms with Crippen molar-refractivity contribution in [2.45, 2.75) is 38.8 Å². The van der Waals surface area contributed by atoms with E-state index in [2.05, 4.69) is 75.2 Å². The van der Waals surface area contributed by atoms with E-state index in [-0.39, 0.29) is 0 Å². The fourth-order valence-electron chi connectivity index (χ4n) is 5.49. The third kappa shape index (κ3) is 5.70. The lowest BCUT2D eigenvalue weighted by Crippen LogP contribution is -2.51. The molecule has 3 heterocycles. The summed E-state index contributed by atoms with van der Waals surface area (Å²) in [5.74, 6) is 0. The summed E-state index contributed by atoms with van der Waals surface area (Å²) in [5, 5.41) is 14.1. The molecule has 0 amide bonds. The van der Waals surface area contributed by atoms with Gasteiger partial charge in [-0.2, -0.15) is 5.26 Å². The second kappa shape index (κ2) is 10.8. The molecule has 0 unspecified atom stereocenters. The quantitative estimate of drug-likeness (QED) is 0.539. The van der Waals surface area contributed by atoms with Crippen LogP contribution in [0.5, 0.6) is 0 Å². The molecule has 0 atom stereocenters. The lowest BCUT2D eigenvalue weighted by atomic mass is 10.0. The van der Waals surface area contributed by atoms with Crippen molar-refractivity contribution in [3.8, 4) is 17.3 Å². The van der Waals surface area contributed by atoms with E-state index in [0.29, 0.717) is 17.6 Å². The standard InChI is InChI=1S/C29H38N6/c1-22(2)34-16-14-33(15-17-34)13-10-31-26-8-11-35(12-9-26)27-5-3-4-24(19-27)29-20-25-7-6-23(21-30)18-28(25)32-29/h3-7,18-20,22,26,31-32H,8-17H2,1-2H3. The highest BCUT2D eigenvalue weighted by Gasteiger charge is 2.21.